The molecule has 28 heteroatoms. The minimum absolute atomic E-state index is 0. The first-order chi connectivity index (χ1) is 64.6. The third-order valence-electron chi connectivity index (χ3n) is 19.0. The molecule has 3 N–H and O–H groups in total. The van der Waals surface area contributed by atoms with Gasteiger partial charge < -0.3 is 19.9 Å². The number of carboxylic acid groups (broad SMARTS) is 3. The first kappa shape index (κ1) is 107. The fourth-order valence-corrected chi connectivity index (χ4v) is 12.5. The Morgan fingerprint density at radius 1 is 0.285 bits per heavy atom. The molecule has 10 aromatic heterocycles. The number of aromatic carboxylic acids is 3. The average molecular weight is 2690 g/mol. The Bertz CT molecular complexity index is 6680. The van der Waals surface area contributed by atoms with Gasteiger partial charge in [0.05, 0.1) is 18.2 Å². The van der Waals surface area contributed by atoms with Crippen molar-refractivity contribution < 1.29 is 130 Å². The van der Waals surface area contributed by atoms with Crippen LogP contribution in [0.4, 0.5) is 0 Å². The van der Waals surface area contributed by atoms with Crippen molar-refractivity contribution in [1.29, 1.82) is 0 Å². The van der Waals surface area contributed by atoms with Crippen LogP contribution in [0.1, 0.15) is 42.7 Å². The number of fused-ring (bicyclic) bond motifs is 3. The standard InChI is InChI=1S/2C16H13N2.2C10H9N2.3C10H7NO2.3C9H7N2.5Ir/c1-18-11-16(17-12-18)15-9-5-8-14(10-15)13-6-3-2-4-7-13;1-18-11-10-16(17-18)15-9-5-8-14(12-15)13-6-3-2-4-7-13;1-9-7-11-12(8-9)10-5-3-2-4-6-10;1-9-7-8-12(11-9)10-5-3-2-4-6-10;3*12-10(13)9-5-7-3-1-2-4-8(7)6-11-9;3*1-2-5-9(6-3-1)11-8-4-7-10-11;;;;;/h2*2-8,10-12H,1H3;2*2-5,7-8H,1H3;3*1-6H,(H,12,13);3*1-5,7-8H;;;;;/q4*-1;;;;3*-1;;;;;. The number of rotatable bonds is 12. The van der Waals surface area contributed by atoms with Gasteiger partial charge >= 0.3 is 17.9 Å². The van der Waals surface area contributed by atoms with Crippen molar-refractivity contribution in [3.8, 4) is 73.2 Å². The summed E-state index contributed by atoms with van der Waals surface area (Å²) in [5, 5.41) is 56.6. The molecule has 0 fully saturated rings. The molecule has 137 heavy (non-hydrogen) atoms. The monoisotopic (exact) mass is 2690 g/mol. The Morgan fingerprint density at radius 3 is 0.934 bits per heavy atom. The Balaban J connectivity index is 0.000000187. The molecule has 5 radical (unpaired) electrons. The van der Waals surface area contributed by atoms with Gasteiger partial charge in [-0.05, 0) is 124 Å². The quantitative estimate of drug-likeness (QED) is 0.0959. The Morgan fingerprint density at radius 2 is 0.635 bits per heavy atom. The molecular weight excluding hydrogens is 2600 g/mol. The predicted octanol–water partition coefficient (Wildman–Crippen LogP) is 21.9. The van der Waals surface area contributed by atoms with E-state index in [2.05, 4.69) is 142 Å². The molecule has 0 aliphatic rings. The number of benzene rings is 12. The molecule has 12 aromatic carbocycles. The second-order valence-electron chi connectivity index (χ2n) is 28.6. The number of hydrogen-bond acceptors (Lipinski definition) is 13. The molecule has 0 aliphatic heterocycles. The summed E-state index contributed by atoms with van der Waals surface area (Å²) < 4.78 is 12.7. The third-order valence-corrected chi connectivity index (χ3v) is 19.0. The molecule has 0 aliphatic carbocycles. The van der Waals surface area contributed by atoms with Crippen molar-refractivity contribution in [2.45, 2.75) is 13.8 Å². The maximum absolute atomic E-state index is 10.6. The van der Waals surface area contributed by atoms with E-state index in [1.807, 2.05) is 364 Å². The van der Waals surface area contributed by atoms with Gasteiger partial charge in [0.15, 0.2) is 0 Å². The van der Waals surface area contributed by atoms with E-state index in [0.29, 0.717) is 0 Å². The van der Waals surface area contributed by atoms with Crippen LogP contribution in [-0.2, 0) is 115 Å². The summed E-state index contributed by atoms with van der Waals surface area (Å²) in [7, 11) is 3.89. The summed E-state index contributed by atoms with van der Waals surface area (Å²) >= 11 is 0. The van der Waals surface area contributed by atoms with Gasteiger partial charge in [-0.15, -0.1) is 101 Å². The van der Waals surface area contributed by atoms with Gasteiger partial charge in [0.1, 0.15) is 17.1 Å². The first-order valence-corrected chi connectivity index (χ1v) is 41.3. The molecule has 23 nitrogen and oxygen atoms in total. The zero-order valence-electron chi connectivity index (χ0n) is 73.8. The van der Waals surface area contributed by atoms with Crippen LogP contribution >= 0.6 is 0 Å². The van der Waals surface area contributed by atoms with E-state index in [0.717, 1.165) is 94.5 Å². The van der Waals surface area contributed by atoms with Crippen LogP contribution in [0.5, 0.6) is 0 Å². The normalized spacial score (nSPS) is 9.78. The minimum atomic E-state index is -0.995. The molecule has 0 saturated heterocycles. The van der Waals surface area contributed by atoms with E-state index in [9.17, 15) is 14.4 Å². The second kappa shape index (κ2) is 56.9. The third kappa shape index (κ3) is 33.5. The molecule has 0 saturated carbocycles. The number of para-hydroxylation sites is 5. The van der Waals surface area contributed by atoms with Crippen molar-refractivity contribution >= 4 is 50.2 Å². The van der Waals surface area contributed by atoms with Gasteiger partial charge in [0.2, 0.25) is 0 Å². The Kier molecular flexibility index (Phi) is 44.6. The molecule has 695 valence electrons. The van der Waals surface area contributed by atoms with Crippen LogP contribution in [0.2, 0.25) is 0 Å². The number of carbonyl (C=O) groups is 3. The van der Waals surface area contributed by atoms with Crippen LogP contribution in [0, 0.1) is 56.3 Å². The first-order valence-electron chi connectivity index (χ1n) is 41.3. The molecule has 0 bridgehead atoms. The van der Waals surface area contributed by atoms with Crippen molar-refractivity contribution in [3.05, 3.63) is 504 Å². The van der Waals surface area contributed by atoms with Crippen molar-refractivity contribution in [2.75, 3.05) is 0 Å². The van der Waals surface area contributed by atoms with Crippen LogP contribution in [-0.4, -0.2) is 116 Å². The van der Waals surface area contributed by atoms with E-state index < -0.39 is 17.9 Å². The SMILES string of the molecule is Cc1ccn(-c2[c-]cccc2)n1.Cc1cnn(-c2[c-]cccc2)c1.Cn1ccc(-c2[c-]ccc(-c3ccccc3)c2)n1.Cn1cnc(-c2[c-]ccc(-c3ccccc3)c2)c1.O=C(O)c1cc2ccccc2cn1.O=C(O)c1cc2ccccc2cn1.O=C(O)c1cc2ccccc2cn1.[Ir].[Ir].[Ir].[Ir].[Ir].[c-]1ccccc1-n1cccn1.[c-]1ccccc1-n1cccn1.[c-]1ccccc1-n1cccn1. The van der Waals surface area contributed by atoms with Gasteiger partial charge in [0.25, 0.3) is 0 Å². The van der Waals surface area contributed by atoms with Crippen LogP contribution in [0.3, 0.4) is 0 Å². The van der Waals surface area contributed by atoms with Gasteiger partial charge in [-0.25, -0.2) is 34.4 Å². The van der Waals surface area contributed by atoms with Crippen molar-refractivity contribution in [3.63, 3.8) is 0 Å². The minimum Gasteiger partial charge on any atom is -0.477 e. The molecule has 0 spiro atoms. The number of aromatic nitrogens is 17. The topological polar surface area (TPSA) is 275 Å². The molecule has 0 atom stereocenters. The maximum atomic E-state index is 10.6. The number of imidazole rings is 1. The summed E-state index contributed by atoms with van der Waals surface area (Å²) in [4.78, 5) is 47.5. The summed E-state index contributed by atoms with van der Waals surface area (Å²) in [6.07, 6.45) is 27.1. The van der Waals surface area contributed by atoms with Crippen molar-refractivity contribution in [2.24, 2.45) is 14.1 Å². The van der Waals surface area contributed by atoms with Gasteiger partial charge in [0, 0.05) is 217 Å². The second-order valence-corrected chi connectivity index (χ2v) is 28.6. The zero-order valence-corrected chi connectivity index (χ0v) is 85.8. The van der Waals surface area contributed by atoms with Gasteiger partial charge in [-0.2, -0.15) is 147 Å². The van der Waals surface area contributed by atoms with E-state index in [1.54, 1.807) is 80.4 Å². The number of hydrogen-bond donors (Lipinski definition) is 3. The Hall–Kier alpha value is -15.0. The number of nitrogens with zero attached hydrogens (tertiary/aromatic N) is 17. The van der Waals surface area contributed by atoms with E-state index >= 15 is 0 Å². The van der Waals surface area contributed by atoms with Gasteiger partial charge in [-0.3, -0.25) is 33.1 Å². The van der Waals surface area contributed by atoms with Crippen LogP contribution < -0.4 is 0 Å². The fraction of sp³-hybridized carbons (Fsp3) is 0.0367. The van der Waals surface area contributed by atoms with Crippen LogP contribution in [0.15, 0.2) is 433 Å². The summed E-state index contributed by atoms with van der Waals surface area (Å²) in [6.45, 7) is 3.99. The zero-order chi connectivity index (χ0) is 91.9. The average Bonchev–Trinajstić information content (AvgIpc) is 1.18. The fourth-order valence-electron chi connectivity index (χ4n) is 12.5. The number of aryl methyl sites for hydroxylation is 4. The number of pyridine rings is 3. The predicted molar refractivity (Wildman–Crippen MR) is 513 cm³/mol. The molecule has 0 unspecified atom stereocenters. The summed E-state index contributed by atoms with van der Waals surface area (Å²) in [5.74, 6) is -2.98. The summed E-state index contributed by atoms with van der Waals surface area (Å²) in [6, 6.07) is 131. The van der Waals surface area contributed by atoms with E-state index in [-0.39, 0.29) is 118 Å². The molecular formula is C109H86Ir5N17O6-7. The van der Waals surface area contributed by atoms with Gasteiger partial charge in [-0.1, -0.05) is 140 Å². The molecule has 22 aromatic rings. The maximum Gasteiger partial charge on any atom is 0.354 e. The van der Waals surface area contributed by atoms with Crippen molar-refractivity contribution in [1.82, 2.24) is 83.2 Å². The number of carboxylic acids is 3. The van der Waals surface area contributed by atoms with E-state index in [1.165, 1.54) is 22.3 Å². The molecule has 22 rings (SSSR count). The largest absolute Gasteiger partial charge is 0.477 e. The Labute approximate surface area is 860 Å². The molecule has 0 amide bonds. The van der Waals surface area contributed by atoms with Crippen LogP contribution in [0.25, 0.3) is 106 Å². The smallest absolute Gasteiger partial charge is 0.354 e. The van der Waals surface area contributed by atoms with E-state index in [4.69, 9.17) is 15.3 Å². The summed E-state index contributed by atoms with van der Waals surface area (Å²) in [5.41, 5.74) is 16.1. The molecule has 10 heterocycles.